The number of nitrogens with zero attached hydrogens (tertiary/aromatic N) is 2. The Labute approximate surface area is 224 Å². The number of benzene rings is 3. The summed E-state index contributed by atoms with van der Waals surface area (Å²) in [6, 6.07) is 21.6. The Morgan fingerprint density at radius 1 is 1.00 bits per heavy atom. The fourth-order valence-electron chi connectivity index (χ4n) is 5.27. The van der Waals surface area contributed by atoms with Crippen molar-refractivity contribution in [3.05, 3.63) is 83.4 Å². The number of hydrogen-bond acceptors (Lipinski definition) is 6. The van der Waals surface area contributed by atoms with Crippen molar-refractivity contribution in [2.75, 3.05) is 33.5 Å². The van der Waals surface area contributed by atoms with Crippen LogP contribution in [0.1, 0.15) is 35.3 Å². The second kappa shape index (κ2) is 11.6. The third-order valence-electron chi connectivity index (χ3n) is 7.48. The van der Waals surface area contributed by atoms with E-state index in [1.165, 1.54) is 0 Å². The van der Waals surface area contributed by atoms with Gasteiger partial charge in [-0.25, -0.2) is 0 Å². The molecule has 0 bridgehead atoms. The number of aliphatic hydroxyl groups is 1. The first-order valence-electron chi connectivity index (χ1n) is 13.2. The number of hydrogen-bond donors (Lipinski definition) is 1. The van der Waals surface area contributed by atoms with Gasteiger partial charge >= 0.3 is 0 Å². The van der Waals surface area contributed by atoms with Crippen LogP contribution in [0.4, 0.5) is 0 Å². The smallest absolute Gasteiger partial charge is 0.254 e. The van der Waals surface area contributed by atoms with Crippen LogP contribution < -0.4 is 9.47 Å². The zero-order valence-corrected chi connectivity index (χ0v) is 22.3. The van der Waals surface area contributed by atoms with Crippen LogP contribution in [0, 0.1) is 5.92 Å². The van der Waals surface area contributed by atoms with Crippen LogP contribution in [0.3, 0.4) is 0 Å². The molecule has 0 radical (unpaired) electrons. The average Bonchev–Trinajstić information content (AvgIpc) is 3.40. The molecule has 5 rings (SSSR count). The Bertz CT molecular complexity index is 1280. The van der Waals surface area contributed by atoms with Crippen LogP contribution >= 0.6 is 0 Å². The highest BCUT2D eigenvalue weighted by Gasteiger charge is 2.30. The van der Waals surface area contributed by atoms with Crippen molar-refractivity contribution in [3.8, 4) is 22.6 Å². The molecule has 0 spiro atoms. The molecule has 0 aromatic heterocycles. The number of likely N-dealkylation sites (N-methyl/N-ethyl adjacent to an activating group) is 1. The van der Waals surface area contributed by atoms with Gasteiger partial charge in [0.05, 0.1) is 25.4 Å². The first-order valence-corrected chi connectivity index (χ1v) is 13.2. The van der Waals surface area contributed by atoms with Gasteiger partial charge in [0.1, 0.15) is 0 Å². The predicted octanol–water partition coefficient (Wildman–Crippen LogP) is 4.57. The van der Waals surface area contributed by atoms with Crippen LogP contribution in [0.25, 0.3) is 11.1 Å². The summed E-state index contributed by atoms with van der Waals surface area (Å²) in [5.41, 5.74) is 4.71. The van der Waals surface area contributed by atoms with Gasteiger partial charge in [-0.2, -0.15) is 0 Å². The largest absolute Gasteiger partial charge is 0.454 e. The van der Waals surface area contributed by atoms with Gasteiger partial charge in [-0.1, -0.05) is 55.5 Å². The maximum Gasteiger partial charge on any atom is 0.254 e. The maximum absolute atomic E-state index is 13.9. The Hall–Kier alpha value is -3.39. The lowest BCUT2D eigenvalue weighted by Crippen LogP contribution is -2.47. The molecule has 7 heteroatoms. The molecule has 0 unspecified atom stereocenters. The van der Waals surface area contributed by atoms with Crippen molar-refractivity contribution in [2.24, 2.45) is 5.92 Å². The van der Waals surface area contributed by atoms with E-state index < -0.39 is 0 Å². The zero-order valence-electron chi connectivity index (χ0n) is 22.3. The van der Waals surface area contributed by atoms with Crippen molar-refractivity contribution in [3.63, 3.8) is 0 Å². The van der Waals surface area contributed by atoms with E-state index in [-0.39, 0.29) is 37.4 Å². The Balaban J connectivity index is 1.43. The van der Waals surface area contributed by atoms with Crippen molar-refractivity contribution in [2.45, 2.75) is 39.1 Å². The van der Waals surface area contributed by atoms with Crippen molar-refractivity contribution in [1.82, 2.24) is 9.80 Å². The molecule has 7 nitrogen and oxygen atoms in total. The Morgan fingerprint density at radius 2 is 1.71 bits per heavy atom. The summed E-state index contributed by atoms with van der Waals surface area (Å²) in [4.78, 5) is 18.0. The molecule has 2 aliphatic rings. The molecule has 0 fully saturated rings. The molecule has 38 heavy (non-hydrogen) atoms. The highest BCUT2D eigenvalue weighted by Crippen LogP contribution is 2.33. The number of fused-ring (bicyclic) bond motifs is 4. The van der Waals surface area contributed by atoms with Gasteiger partial charge in [-0.05, 0) is 54.4 Å². The Kier molecular flexibility index (Phi) is 7.98. The van der Waals surface area contributed by atoms with Gasteiger partial charge in [0.25, 0.3) is 5.91 Å². The third kappa shape index (κ3) is 5.55. The number of carbonyl (C=O) groups excluding carboxylic acids is 1. The second-order valence-electron chi connectivity index (χ2n) is 10.4. The minimum absolute atomic E-state index is 0.0320. The van der Waals surface area contributed by atoms with Crippen LogP contribution in [0.5, 0.6) is 11.5 Å². The summed E-state index contributed by atoms with van der Waals surface area (Å²) in [6.45, 7) is 6.50. The maximum atomic E-state index is 13.9. The van der Waals surface area contributed by atoms with Crippen molar-refractivity contribution < 1.29 is 24.1 Å². The quantitative estimate of drug-likeness (QED) is 0.518. The van der Waals surface area contributed by atoms with E-state index in [0.29, 0.717) is 25.3 Å². The van der Waals surface area contributed by atoms with E-state index in [2.05, 4.69) is 31.0 Å². The molecule has 1 amide bonds. The van der Waals surface area contributed by atoms with Crippen LogP contribution in [0.2, 0.25) is 0 Å². The van der Waals surface area contributed by atoms with Gasteiger partial charge in [0, 0.05) is 31.1 Å². The average molecular weight is 517 g/mol. The first kappa shape index (κ1) is 26.2. The van der Waals surface area contributed by atoms with Crippen LogP contribution in [0.15, 0.2) is 66.7 Å². The number of aliphatic hydroxyl groups excluding tert-OH is 1. The molecule has 2 heterocycles. The highest BCUT2D eigenvalue weighted by molar-refractivity contribution is 6.01. The molecular weight excluding hydrogens is 480 g/mol. The first-order chi connectivity index (χ1) is 18.4. The monoisotopic (exact) mass is 516 g/mol. The highest BCUT2D eigenvalue weighted by atomic mass is 16.7. The normalized spacial score (nSPS) is 20.0. The summed E-state index contributed by atoms with van der Waals surface area (Å²) < 4.78 is 17.6. The van der Waals surface area contributed by atoms with Gasteiger partial charge < -0.3 is 24.2 Å². The fourth-order valence-corrected chi connectivity index (χ4v) is 5.27. The van der Waals surface area contributed by atoms with E-state index in [1.807, 2.05) is 61.5 Å². The van der Waals surface area contributed by atoms with E-state index in [1.54, 1.807) is 4.90 Å². The summed E-state index contributed by atoms with van der Waals surface area (Å²) >= 11 is 0. The van der Waals surface area contributed by atoms with Crippen molar-refractivity contribution in [1.29, 1.82) is 0 Å². The Morgan fingerprint density at radius 3 is 2.50 bits per heavy atom. The standard InChI is InChI=1S/C31H36N2O5/c1-21-15-33(22(2)18-34)31(35)27-11-7-6-10-26(27)25-9-5-4-8-24(25)19-36-30(21)17-32(3)16-23-12-13-28-29(14-23)38-20-37-28/h4-14,21-22,30,34H,15-20H2,1-3H3/t21-,22+,30-/m1/s1. The van der Waals surface area contributed by atoms with Gasteiger partial charge in [-0.15, -0.1) is 0 Å². The molecule has 3 atom stereocenters. The molecule has 3 aromatic rings. The summed E-state index contributed by atoms with van der Waals surface area (Å²) in [6.07, 6.45) is -0.135. The second-order valence-corrected chi connectivity index (χ2v) is 10.4. The van der Waals surface area contributed by atoms with Gasteiger partial charge in [-0.3, -0.25) is 9.69 Å². The lowest BCUT2D eigenvalue weighted by atomic mass is 9.94. The van der Waals surface area contributed by atoms with E-state index in [0.717, 1.165) is 40.3 Å². The molecule has 3 aromatic carbocycles. The van der Waals surface area contributed by atoms with E-state index in [9.17, 15) is 9.90 Å². The topological polar surface area (TPSA) is 71.5 Å². The SMILES string of the molecule is C[C@@H]1CN([C@@H](C)CO)C(=O)c2ccccc2-c2ccccc2CO[C@@H]1CN(C)Cc1ccc2c(c1)OCO2. The van der Waals surface area contributed by atoms with Crippen LogP contribution in [-0.4, -0.2) is 66.5 Å². The minimum Gasteiger partial charge on any atom is -0.454 e. The molecular formula is C31H36N2O5. The molecule has 1 N–H and O–H groups in total. The fraction of sp³-hybridized carbons (Fsp3) is 0.387. The van der Waals surface area contributed by atoms with Crippen LogP contribution in [-0.2, 0) is 17.9 Å². The molecule has 0 aliphatic carbocycles. The van der Waals surface area contributed by atoms with Gasteiger partial charge in [0.15, 0.2) is 11.5 Å². The number of rotatable bonds is 6. The van der Waals surface area contributed by atoms with E-state index >= 15 is 0 Å². The predicted molar refractivity (Wildman–Crippen MR) is 146 cm³/mol. The summed E-state index contributed by atoms with van der Waals surface area (Å²) in [5.74, 6) is 1.51. The molecule has 0 saturated heterocycles. The summed E-state index contributed by atoms with van der Waals surface area (Å²) in [7, 11) is 2.08. The number of carbonyl (C=O) groups is 1. The molecule has 0 saturated carbocycles. The molecule has 200 valence electrons. The van der Waals surface area contributed by atoms with Gasteiger partial charge in [0.2, 0.25) is 6.79 Å². The minimum atomic E-state index is -0.319. The summed E-state index contributed by atoms with van der Waals surface area (Å²) in [5, 5.41) is 10.0. The lowest BCUT2D eigenvalue weighted by molar-refractivity contribution is -0.0241. The lowest BCUT2D eigenvalue weighted by Gasteiger charge is -2.35. The molecule has 2 aliphatic heterocycles. The zero-order chi connectivity index (χ0) is 26.6. The number of ether oxygens (including phenoxy) is 3. The number of amides is 1. The van der Waals surface area contributed by atoms with E-state index in [4.69, 9.17) is 14.2 Å². The third-order valence-corrected chi connectivity index (χ3v) is 7.48. The van der Waals surface area contributed by atoms with Crippen molar-refractivity contribution >= 4 is 5.91 Å².